The molecule has 0 aliphatic rings. The monoisotopic (exact) mass is 444 g/mol. The number of rotatable bonds is 10. The van der Waals surface area contributed by atoms with Crippen LogP contribution in [-0.2, 0) is 0 Å². The van der Waals surface area contributed by atoms with E-state index in [1.807, 2.05) is 0 Å². The Morgan fingerprint density at radius 3 is 2.65 bits per heavy atom. The fourth-order valence-electron chi connectivity index (χ4n) is 3.05. The number of carbonyl (C=O) groups excluding carboxylic acids is 1. The van der Waals surface area contributed by atoms with Crippen molar-refractivity contribution in [2.45, 2.75) is 13.8 Å². The number of tetrazole rings is 1. The molecule has 0 aliphatic carbocycles. The first kappa shape index (κ1) is 22.5. The zero-order valence-electron chi connectivity index (χ0n) is 17.7. The first-order valence-corrected chi connectivity index (χ1v) is 10.3. The van der Waals surface area contributed by atoms with Gasteiger partial charge in [-0.2, -0.15) is 4.68 Å². The molecular formula is C21H25ClN6O3. The fourth-order valence-corrected chi connectivity index (χ4v) is 3.22. The number of likely N-dealkylation sites (N-methyl/N-ethyl adjacent to an activating group) is 1. The van der Waals surface area contributed by atoms with Crippen molar-refractivity contribution < 1.29 is 14.3 Å². The molecule has 3 aromatic rings. The summed E-state index contributed by atoms with van der Waals surface area (Å²) in [6, 6.07) is 10.2. The van der Waals surface area contributed by atoms with E-state index in [0.717, 1.165) is 19.6 Å². The predicted octanol–water partition coefficient (Wildman–Crippen LogP) is 3.30. The number of methoxy groups -OCH3 is 1. The Kier molecular flexibility index (Phi) is 7.80. The maximum atomic E-state index is 13.0. The van der Waals surface area contributed by atoms with E-state index in [9.17, 15) is 4.79 Å². The van der Waals surface area contributed by atoms with Gasteiger partial charge in [-0.05, 0) is 53.8 Å². The van der Waals surface area contributed by atoms with Gasteiger partial charge >= 0.3 is 0 Å². The third kappa shape index (κ3) is 5.71. The van der Waals surface area contributed by atoms with Gasteiger partial charge in [0.15, 0.2) is 11.5 Å². The lowest BCUT2D eigenvalue weighted by atomic mass is 10.1. The standard InChI is InChI=1S/C21H25ClN6O3/c1-4-27(5-2)10-11-31-20-13-16(7-9-19(20)30-3)24-21(29)17-12-15(22)6-8-18(17)28-14-23-25-26-28/h6-9,12-14H,4-5,10-11H2,1-3H3,(H,24,29). The zero-order chi connectivity index (χ0) is 22.2. The van der Waals surface area contributed by atoms with E-state index in [-0.39, 0.29) is 5.91 Å². The van der Waals surface area contributed by atoms with E-state index in [0.29, 0.717) is 40.1 Å². The van der Waals surface area contributed by atoms with Crippen molar-refractivity contribution in [3.63, 3.8) is 0 Å². The lowest BCUT2D eigenvalue weighted by Crippen LogP contribution is -2.28. The first-order valence-electron chi connectivity index (χ1n) is 9.93. The summed E-state index contributed by atoms with van der Waals surface area (Å²) in [5, 5.41) is 14.4. The van der Waals surface area contributed by atoms with Crippen molar-refractivity contribution >= 4 is 23.2 Å². The zero-order valence-corrected chi connectivity index (χ0v) is 18.5. The van der Waals surface area contributed by atoms with Gasteiger partial charge in [-0.1, -0.05) is 25.4 Å². The van der Waals surface area contributed by atoms with Gasteiger partial charge < -0.3 is 19.7 Å². The third-order valence-corrected chi connectivity index (χ3v) is 5.02. The smallest absolute Gasteiger partial charge is 0.257 e. The Morgan fingerprint density at radius 2 is 1.97 bits per heavy atom. The largest absolute Gasteiger partial charge is 0.493 e. The van der Waals surface area contributed by atoms with E-state index >= 15 is 0 Å². The Hall–Kier alpha value is -3.17. The molecule has 31 heavy (non-hydrogen) atoms. The average molecular weight is 445 g/mol. The fraction of sp³-hybridized carbons (Fsp3) is 0.333. The van der Waals surface area contributed by atoms with Crippen LogP contribution in [-0.4, -0.2) is 64.4 Å². The molecule has 0 saturated heterocycles. The summed E-state index contributed by atoms with van der Waals surface area (Å²) in [7, 11) is 1.58. The number of halogens is 1. The number of aromatic nitrogens is 4. The second-order valence-electron chi connectivity index (χ2n) is 6.61. The van der Waals surface area contributed by atoms with Crippen LogP contribution in [0.15, 0.2) is 42.7 Å². The van der Waals surface area contributed by atoms with E-state index in [1.54, 1.807) is 43.5 Å². The highest BCUT2D eigenvalue weighted by Gasteiger charge is 2.16. The van der Waals surface area contributed by atoms with Crippen molar-refractivity contribution in [2.75, 3.05) is 38.7 Å². The molecule has 0 aliphatic heterocycles. The van der Waals surface area contributed by atoms with Crippen LogP contribution in [0, 0.1) is 0 Å². The summed E-state index contributed by atoms with van der Waals surface area (Å²) in [5.41, 5.74) is 1.40. The molecule has 0 fully saturated rings. The van der Waals surface area contributed by atoms with Crippen LogP contribution >= 0.6 is 11.6 Å². The highest BCUT2D eigenvalue weighted by Crippen LogP contribution is 2.31. The predicted molar refractivity (Wildman–Crippen MR) is 118 cm³/mol. The number of hydrogen-bond donors (Lipinski definition) is 1. The van der Waals surface area contributed by atoms with E-state index in [1.165, 1.54) is 11.0 Å². The molecule has 9 nitrogen and oxygen atoms in total. The number of benzene rings is 2. The van der Waals surface area contributed by atoms with Crippen LogP contribution < -0.4 is 14.8 Å². The highest BCUT2D eigenvalue weighted by atomic mass is 35.5. The van der Waals surface area contributed by atoms with Crippen LogP contribution in [0.2, 0.25) is 5.02 Å². The van der Waals surface area contributed by atoms with Gasteiger partial charge in [0.2, 0.25) is 0 Å². The van der Waals surface area contributed by atoms with E-state index in [4.69, 9.17) is 21.1 Å². The molecule has 2 aromatic carbocycles. The summed E-state index contributed by atoms with van der Waals surface area (Å²) in [6.07, 6.45) is 1.41. The van der Waals surface area contributed by atoms with Crippen molar-refractivity contribution in [1.82, 2.24) is 25.1 Å². The minimum atomic E-state index is -0.354. The Bertz CT molecular complexity index is 1010. The molecule has 1 heterocycles. The second kappa shape index (κ2) is 10.7. The van der Waals surface area contributed by atoms with Crippen LogP contribution in [0.4, 0.5) is 5.69 Å². The number of ether oxygens (including phenoxy) is 2. The van der Waals surface area contributed by atoms with Crippen LogP contribution in [0.5, 0.6) is 11.5 Å². The lowest BCUT2D eigenvalue weighted by Gasteiger charge is -2.19. The van der Waals surface area contributed by atoms with Crippen molar-refractivity contribution in [2.24, 2.45) is 0 Å². The molecule has 0 unspecified atom stereocenters. The highest BCUT2D eigenvalue weighted by molar-refractivity contribution is 6.31. The van der Waals surface area contributed by atoms with Crippen LogP contribution in [0.25, 0.3) is 5.69 Å². The van der Waals surface area contributed by atoms with Gasteiger partial charge in [0.1, 0.15) is 12.9 Å². The molecule has 0 bridgehead atoms. The Balaban J connectivity index is 1.78. The van der Waals surface area contributed by atoms with Gasteiger partial charge in [-0.3, -0.25) is 4.79 Å². The van der Waals surface area contributed by atoms with Crippen LogP contribution in [0.1, 0.15) is 24.2 Å². The lowest BCUT2D eigenvalue weighted by molar-refractivity contribution is 0.102. The topological polar surface area (TPSA) is 94.4 Å². The second-order valence-corrected chi connectivity index (χ2v) is 7.05. The number of amides is 1. The van der Waals surface area contributed by atoms with Gasteiger partial charge in [0.05, 0.1) is 18.4 Å². The first-order chi connectivity index (χ1) is 15.0. The molecule has 1 N–H and O–H groups in total. The van der Waals surface area contributed by atoms with Gasteiger partial charge in [0.25, 0.3) is 5.91 Å². The number of anilines is 1. The third-order valence-electron chi connectivity index (χ3n) is 4.78. The van der Waals surface area contributed by atoms with Crippen LogP contribution in [0.3, 0.4) is 0 Å². The van der Waals surface area contributed by atoms with E-state index < -0.39 is 0 Å². The van der Waals surface area contributed by atoms with Gasteiger partial charge in [-0.25, -0.2) is 0 Å². The molecule has 10 heteroatoms. The van der Waals surface area contributed by atoms with Gasteiger partial charge in [0, 0.05) is 23.3 Å². The number of hydrogen-bond acceptors (Lipinski definition) is 7. The molecule has 0 atom stereocenters. The van der Waals surface area contributed by atoms with Crippen molar-refractivity contribution in [1.29, 1.82) is 0 Å². The summed E-state index contributed by atoms with van der Waals surface area (Å²) in [4.78, 5) is 15.3. The normalized spacial score (nSPS) is 10.9. The maximum absolute atomic E-state index is 13.0. The summed E-state index contributed by atoms with van der Waals surface area (Å²) >= 11 is 6.12. The number of nitrogens with zero attached hydrogens (tertiary/aromatic N) is 5. The summed E-state index contributed by atoms with van der Waals surface area (Å²) < 4.78 is 12.7. The molecule has 0 saturated carbocycles. The molecular weight excluding hydrogens is 420 g/mol. The number of nitrogens with one attached hydrogen (secondary N) is 1. The Morgan fingerprint density at radius 1 is 1.16 bits per heavy atom. The molecule has 1 amide bonds. The Labute approximate surface area is 185 Å². The molecule has 1 aromatic heterocycles. The number of carbonyl (C=O) groups is 1. The van der Waals surface area contributed by atoms with Crippen molar-refractivity contribution in [3.8, 4) is 17.2 Å². The molecule has 3 rings (SSSR count). The quantitative estimate of drug-likeness (QED) is 0.512. The summed E-state index contributed by atoms with van der Waals surface area (Å²) in [6.45, 7) is 7.43. The molecule has 0 radical (unpaired) electrons. The average Bonchev–Trinajstić information content (AvgIpc) is 3.31. The van der Waals surface area contributed by atoms with Gasteiger partial charge in [-0.15, -0.1) is 5.10 Å². The minimum Gasteiger partial charge on any atom is -0.493 e. The SMILES string of the molecule is CCN(CC)CCOc1cc(NC(=O)c2cc(Cl)ccc2-n2cnnn2)ccc1OC. The van der Waals surface area contributed by atoms with E-state index in [2.05, 4.69) is 39.6 Å². The maximum Gasteiger partial charge on any atom is 0.257 e. The molecule has 0 spiro atoms. The van der Waals surface area contributed by atoms with Crippen molar-refractivity contribution in [3.05, 3.63) is 53.3 Å². The molecule has 164 valence electrons. The minimum absolute atomic E-state index is 0.333. The summed E-state index contributed by atoms with van der Waals surface area (Å²) in [5.74, 6) is 0.793.